The number of dihydropyridines is 1. The van der Waals surface area contributed by atoms with Gasteiger partial charge in [-0.1, -0.05) is 58.4 Å². The lowest BCUT2D eigenvalue weighted by Crippen LogP contribution is -2.29. The zero-order valence-electron chi connectivity index (χ0n) is 20.1. The summed E-state index contributed by atoms with van der Waals surface area (Å²) < 4.78 is 17.8. The van der Waals surface area contributed by atoms with Gasteiger partial charge in [-0.15, -0.1) is 0 Å². The molecule has 0 saturated heterocycles. The minimum absolute atomic E-state index is 0.110. The molecule has 1 atom stereocenters. The summed E-state index contributed by atoms with van der Waals surface area (Å²) in [5.74, 6) is -0.150. The van der Waals surface area contributed by atoms with Gasteiger partial charge in [0.2, 0.25) is 0 Å². The van der Waals surface area contributed by atoms with Gasteiger partial charge < -0.3 is 19.5 Å². The van der Waals surface area contributed by atoms with E-state index in [9.17, 15) is 9.59 Å². The van der Waals surface area contributed by atoms with Crippen molar-refractivity contribution in [1.29, 1.82) is 0 Å². The molecule has 0 spiro atoms. The van der Waals surface area contributed by atoms with Gasteiger partial charge in [0.15, 0.2) is 17.3 Å². The molecule has 7 heteroatoms. The number of carbonyl (C=O) groups excluding carboxylic acids is 2. The fourth-order valence-corrected chi connectivity index (χ4v) is 5.03. The number of hydrogen-bond acceptors (Lipinski definition) is 6. The second kappa shape index (κ2) is 9.66. The summed E-state index contributed by atoms with van der Waals surface area (Å²) in [6, 6.07) is 20.8. The van der Waals surface area contributed by atoms with Crippen LogP contribution in [0.15, 0.2) is 88.0 Å². The van der Waals surface area contributed by atoms with Crippen LogP contribution < -0.4 is 14.8 Å². The van der Waals surface area contributed by atoms with Crippen LogP contribution in [-0.2, 0) is 16.1 Å². The Hall–Kier alpha value is -3.84. The number of fused-ring (bicyclic) bond motifs is 2. The molecule has 0 radical (unpaired) electrons. The van der Waals surface area contributed by atoms with Gasteiger partial charge in [-0.3, -0.25) is 4.79 Å². The topological polar surface area (TPSA) is 73.9 Å². The standard InChI is InChI=1S/C29H24BrNO5/c1-16-24(29(33)35-3)25(26-27(31-16)20-6-4-5-7-21(20)28(26)32)18-10-13-22(23(14-18)34-2)36-15-17-8-11-19(30)12-9-17/h4-14,25,31H,15H2,1-3H3/t25-/m1/s1. The van der Waals surface area contributed by atoms with Crippen LogP contribution in [0.2, 0.25) is 0 Å². The number of nitrogens with one attached hydrogen (secondary N) is 1. The number of benzene rings is 3. The van der Waals surface area contributed by atoms with Gasteiger partial charge in [-0.2, -0.15) is 0 Å². The van der Waals surface area contributed by atoms with Crippen molar-refractivity contribution < 1.29 is 23.8 Å². The third kappa shape index (κ3) is 4.09. The molecule has 182 valence electrons. The van der Waals surface area contributed by atoms with Crippen LogP contribution in [-0.4, -0.2) is 26.0 Å². The van der Waals surface area contributed by atoms with E-state index >= 15 is 0 Å². The van der Waals surface area contributed by atoms with Gasteiger partial charge in [0.25, 0.3) is 0 Å². The molecule has 6 nitrogen and oxygen atoms in total. The summed E-state index contributed by atoms with van der Waals surface area (Å²) in [4.78, 5) is 26.5. The summed E-state index contributed by atoms with van der Waals surface area (Å²) in [5, 5.41) is 3.29. The second-order valence-electron chi connectivity index (χ2n) is 8.58. The van der Waals surface area contributed by atoms with Crippen LogP contribution in [0.5, 0.6) is 11.5 Å². The largest absolute Gasteiger partial charge is 0.493 e. The second-order valence-corrected chi connectivity index (χ2v) is 9.49. The number of allylic oxidation sites excluding steroid dienone is 2. The number of ketones is 1. The molecule has 1 aliphatic carbocycles. The molecule has 0 bridgehead atoms. The van der Waals surface area contributed by atoms with Gasteiger partial charge in [0, 0.05) is 32.8 Å². The fourth-order valence-electron chi connectivity index (χ4n) is 4.77. The number of esters is 1. The summed E-state index contributed by atoms with van der Waals surface area (Å²) in [6.45, 7) is 2.19. The molecule has 0 saturated carbocycles. The Bertz CT molecular complexity index is 1440. The quantitative estimate of drug-likeness (QED) is 0.396. The Kier molecular flexibility index (Phi) is 6.41. The molecule has 2 aliphatic rings. The number of hydrogen-bond donors (Lipinski definition) is 1. The van der Waals surface area contributed by atoms with Gasteiger partial charge in [0.1, 0.15) is 6.61 Å². The third-order valence-electron chi connectivity index (χ3n) is 6.48. The fraction of sp³-hybridized carbons (Fsp3) is 0.172. The van der Waals surface area contributed by atoms with Crippen LogP contribution in [0.4, 0.5) is 0 Å². The predicted octanol–water partition coefficient (Wildman–Crippen LogP) is 5.78. The number of ether oxygens (including phenoxy) is 3. The van der Waals surface area contributed by atoms with E-state index in [0.717, 1.165) is 26.9 Å². The zero-order chi connectivity index (χ0) is 25.4. The molecule has 3 aromatic carbocycles. The van der Waals surface area contributed by atoms with Crippen LogP contribution >= 0.6 is 15.9 Å². The molecule has 0 amide bonds. The van der Waals surface area contributed by atoms with Crippen LogP contribution in [0.1, 0.15) is 39.9 Å². The highest BCUT2D eigenvalue weighted by Crippen LogP contribution is 2.47. The molecule has 1 aliphatic heterocycles. The number of halogens is 1. The van der Waals surface area contributed by atoms with Crippen molar-refractivity contribution in [3.8, 4) is 11.5 Å². The SMILES string of the molecule is COC(=O)C1=C(C)NC2=C(C(=O)c3ccccc32)[C@@H]1c1ccc(OCc2ccc(Br)cc2)c(OC)c1. The minimum atomic E-state index is -0.622. The summed E-state index contributed by atoms with van der Waals surface area (Å²) in [5.41, 5.74) is 5.46. The first kappa shape index (κ1) is 23.9. The summed E-state index contributed by atoms with van der Waals surface area (Å²) >= 11 is 3.44. The normalized spacial score (nSPS) is 16.3. The van der Waals surface area contributed by atoms with Gasteiger partial charge in [0.05, 0.1) is 25.5 Å². The first-order chi connectivity index (χ1) is 17.4. The van der Waals surface area contributed by atoms with Crippen molar-refractivity contribution in [3.63, 3.8) is 0 Å². The molecule has 0 aromatic heterocycles. The van der Waals surface area contributed by atoms with Gasteiger partial charge in [-0.25, -0.2) is 4.79 Å². The molecular formula is C29H24BrNO5. The van der Waals surface area contributed by atoms with Crippen molar-refractivity contribution in [1.82, 2.24) is 5.32 Å². The van der Waals surface area contributed by atoms with Gasteiger partial charge in [-0.05, 0) is 42.3 Å². The van der Waals surface area contributed by atoms with E-state index in [2.05, 4.69) is 21.2 Å². The molecule has 0 unspecified atom stereocenters. The third-order valence-corrected chi connectivity index (χ3v) is 7.01. The maximum Gasteiger partial charge on any atom is 0.336 e. The predicted molar refractivity (Wildman–Crippen MR) is 140 cm³/mol. The molecule has 1 heterocycles. The summed E-state index contributed by atoms with van der Waals surface area (Å²) in [7, 11) is 2.91. The Morgan fingerprint density at radius 1 is 0.972 bits per heavy atom. The average molecular weight is 546 g/mol. The van der Waals surface area contributed by atoms with Crippen LogP contribution in [0.25, 0.3) is 5.70 Å². The van der Waals surface area contributed by atoms with E-state index in [0.29, 0.717) is 40.5 Å². The van der Waals surface area contributed by atoms with E-state index in [1.54, 1.807) is 7.11 Å². The Labute approximate surface area is 217 Å². The maximum absolute atomic E-state index is 13.6. The van der Waals surface area contributed by atoms with E-state index in [1.165, 1.54) is 7.11 Å². The highest BCUT2D eigenvalue weighted by atomic mass is 79.9. The Balaban J connectivity index is 1.56. The van der Waals surface area contributed by atoms with E-state index in [1.807, 2.05) is 73.7 Å². The zero-order valence-corrected chi connectivity index (χ0v) is 21.6. The average Bonchev–Trinajstić information content (AvgIpc) is 3.18. The first-order valence-corrected chi connectivity index (χ1v) is 12.2. The molecular weight excluding hydrogens is 522 g/mol. The van der Waals surface area contributed by atoms with Gasteiger partial charge >= 0.3 is 5.97 Å². The lowest BCUT2D eigenvalue weighted by Gasteiger charge is -2.29. The van der Waals surface area contributed by atoms with Crippen LogP contribution in [0.3, 0.4) is 0 Å². The molecule has 3 aromatic rings. The van der Waals surface area contributed by atoms with Crippen molar-refractivity contribution in [2.75, 3.05) is 14.2 Å². The first-order valence-electron chi connectivity index (χ1n) is 11.4. The smallest absolute Gasteiger partial charge is 0.336 e. The highest BCUT2D eigenvalue weighted by molar-refractivity contribution is 9.10. The highest BCUT2D eigenvalue weighted by Gasteiger charge is 2.43. The lowest BCUT2D eigenvalue weighted by atomic mass is 9.79. The molecule has 36 heavy (non-hydrogen) atoms. The summed E-state index contributed by atoms with van der Waals surface area (Å²) in [6.07, 6.45) is 0. The Morgan fingerprint density at radius 3 is 2.39 bits per heavy atom. The maximum atomic E-state index is 13.6. The minimum Gasteiger partial charge on any atom is -0.493 e. The van der Waals surface area contributed by atoms with Crippen molar-refractivity contribution in [2.24, 2.45) is 0 Å². The van der Waals surface area contributed by atoms with E-state index in [4.69, 9.17) is 14.2 Å². The number of carbonyl (C=O) groups is 2. The molecule has 1 N–H and O–H groups in total. The monoisotopic (exact) mass is 545 g/mol. The lowest BCUT2D eigenvalue weighted by molar-refractivity contribution is -0.136. The number of methoxy groups -OCH3 is 2. The molecule has 5 rings (SSSR count). The van der Waals surface area contributed by atoms with Crippen LogP contribution in [0, 0.1) is 0 Å². The number of rotatable bonds is 6. The van der Waals surface area contributed by atoms with Crippen molar-refractivity contribution >= 4 is 33.4 Å². The van der Waals surface area contributed by atoms with Crippen molar-refractivity contribution in [2.45, 2.75) is 19.4 Å². The molecule has 0 fully saturated rings. The van der Waals surface area contributed by atoms with E-state index in [-0.39, 0.29) is 5.78 Å². The number of Topliss-reactive ketones (excluding diaryl/α,β-unsaturated/α-hetero) is 1. The van der Waals surface area contributed by atoms with E-state index < -0.39 is 11.9 Å². The Morgan fingerprint density at radius 2 is 1.69 bits per heavy atom. The van der Waals surface area contributed by atoms with Crippen molar-refractivity contribution in [3.05, 3.63) is 110 Å².